The van der Waals surface area contributed by atoms with E-state index in [9.17, 15) is 19.8 Å². The zero-order valence-corrected chi connectivity index (χ0v) is 12.7. The summed E-state index contributed by atoms with van der Waals surface area (Å²) in [5.74, 6) is 5.13. The molecule has 0 bridgehead atoms. The van der Waals surface area contributed by atoms with Crippen molar-refractivity contribution in [3.8, 4) is 11.8 Å². The van der Waals surface area contributed by atoms with Gasteiger partial charge in [-0.2, -0.15) is 0 Å². The lowest BCUT2D eigenvalue weighted by atomic mass is 10.1. The first-order chi connectivity index (χ1) is 9.49. The van der Waals surface area contributed by atoms with Gasteiger partial charge in [0.25, 0.3) is 5.56 Å². The summed E-state index contributed by atoms with van der Waals surface area (Å²) in [4.78, 5) is 25.5. The molecule has 0 aliphatic carbocycles. The van der Waals surface area contributed by atoms with Crippen molar-refractivity contribution in [2.45, 2.75) is 31.5 Å². The third-order valence-electron chi connectivity index (χ3n) is 2.99. The molecule has 1 fully saturated rings. The molecule has 1 unspecified atom stereocenters. The number of halogens is 1. The fraction of sp³-hybridized carbons (Fsp3) is 0.500. The van der Waals surface area contributed by atoms with E-state index in [0.717, 1.165) is 4.57 Å². The lowest BCUT2D eigenvalue weighted by molar-refractivity contribution is -0.0335. The van der Waals surface area contributed by atoms with Crippen LogP contribution in [0.4, 0.5) is 0 Å². The number of aromatic nitrogens is 2. The van der Waals surface area contributed by atoms with Gasteiger partial charge in [-0.3, -0.25) is 14.3 Å². The van der Waals surface area contributed by atoms with E-state index in [2.05, 4.69) is 16.8 Å². The number of nitrogens with zero attached hydrogens (tertiary/aromatic N) is 1. The van der Waals surface area contributed by atoms with Crippen molar-refractivity contribution >= 4 is 22.6 Å². The summed E-state index contributed by atoms with van der Waals surface area (Å²) >= 11 is 2.01. The molecule has 7 nitrogen and oxygen atoms in total. The number of hydrogen-bond acceptors (Lipinski definition) is 5. The van der Waals surface area contributed by atoms with Crippen LogP contribution in [0, 0.1) is 11.8 Å². The molecule has 1 aliphatic heterocycles. The van der Waals surface area contributed by atoms with Gasteiger partial charge in [0.2, 0.25) is 0 Å². The summed E-state index contributed by atoms with van der Waals surface area (Å²) in [5.41, 5.74) is -1.23. The van der Waals surface area contributed by atoms with Crippen LogP contribution < -0.4 is 11.2 Å². The first-order valence-corrected chi connectivity index (χ1v) is 7.38. The summed E-state index contributed by atoms with van der Waals surface area (Å²) in [6, 6.07) is 0. The van der Waals surface area contributed by atoms with Gasteiger partial charge in [0, 0.05) is 10.6 Å². The van der Waals surface area contributed by atoms with Gasteiger partial charge >= 0.3 is 5.69 Å². The number of aliphatic hydroxyl groups excluding tert-OH is 2. The summed E-state index contributed by atoms with van der Waals surface area (Å²) in [7, 11) is 0. The molecule has 0 saturated carbocycles. The van der Waals surface area contributed by atoms with Gasteiger partial charge in [0.1, 0.15) is 17.8 Å². The van der Waals surface area contributed by atoms with Crippen molar-refractivity contribution < 1.29 is 14.9 Å². The quantitative estimate of drug-likeness (QED) is 0.339. The Balaban J connectivity index is 2.47. The Hall–Kier alpha value is -1.15. The van der Waals surface area contributed by atoms with Crippen LogP contribution in [-0.4, -0.2) is 42.5 Å². The van der Waals surface area contributed by atoms with Crippen LogP contribution in [0.15, 0.2) is 15.8 Å². The topological polar surface area (TPSA) is 105 Å². The van der Waals surface area contributed by atoms with Crippen molar-refractivity contribution in [2.75, 3.05) is 4.43 Å². The maximum Gasteiger partial charge on any atom is 0.330 e. The number of H-pyrrole nitrogens is 1. The van der Waals surface area contributed by atoms with Crippen molar-refractivity contribution in [1.82, 2.24) is 9.55 Å². The molecule has 2 rings (SSSR count). The van der Waals surface area contributed by atoms with E-state index in [4.69, 9.17) is 4.74 Å². The van der Waals surface area contributed by atoms with Gasteiger partial charge in [-0.25, -0.2) is 4.79 Å². The molecule has 1 saturated heterocycles. The van der Waals surface area contributed by atoms with Gasteiger partial charge in [-0.1, -0.05) is 28.5 Å². The van der Waals surface area contributed by atoms with Crippen LogP contribution in [0.25, 0.3) is 0 Å². The van der Waals surface area contributed by atoms with E-state index >= 15 is 0 Å². The number of alkyl halides is 1. The number of aromatic amines is 1. The van der Waals surface area contributed by atoms with Crippen molar-refractivity contribution in [3.63, 3.8) is 0 Å². The molecular weight excluding hydrogens is 379 g/mol. The summed E-state index contributed by atoms with van der Waals surface area (Å²) < 4.78 is 6.97. The second-order valence-corrected chi connectivity index (χ2v) is 5.17. The highest BCUT2D eigenvalue weighted by molar-refractivity contribution is 14.1. The van der Waals surface area contributed by atoms with Crippen LogP contribution in [0.1, 0.15) is 18.7 Å². The summed E-state index contributed by atoms with van der Waals surface area (Å²) in [6.07, 6.45) is -2.73. The zero-order chi connectivity index (χ0) is 14.9. The fourth-order valence-corrected chi connectivity index (χ4v) is 2.71. The highest BCUT2D eigenvalue weighted by atomic mass is 127. The molecular formula is C12H13IN2O5. The number of ether oxygens (including phenoxy) is 1. The van der Waals surface area contributed by atoms with Gasteiger partial charge in [-0.15, -0.1) is 5.92 Å². The van der Waals surface area contributed by atoms with Crippen molar-refractivity contribution in [2.24, 2.45) is 0 Å². The number of rotatable bonds is 2. The average molecular weight is 392 g/mol. The Bertz CT molecular complexity index is 671. The SMILES string of the molecule is CC#Cc1cn(C2O[C@H](CI)[C@@H](O)[C@H]2O)c(=O)[nH]c1=O. The Kier molecular flexibility index (Phi) is 4.64. The van der Waals surface area contributed by atoms with Crippen LogP contribution in [0.5, 0.6) is 0 Å². The first kappa shape index (κ1) is 15.2. The van der Waals surface area contributed by atoms with E-state index < -0.39 is 35.8 Å². The minimum atomic E-state index is -1.25. The van der Waals surface area contributed by atoms with E-state index in [-0.39, 0.29) is 5.56 Å². The molecule has 4 atom stereocenters. The molecule has 2 heterocycles. The molecule has 8 heteroatoms. The molecule has 1 aromatic heterocycles. The van der Waals surface area contributed by atoms with Crippen LogP contribution in [-0.2, 0) is 4.74 Å². The van der Waals surface area contributed by atoms with E-state index in [1.165, 1.54) is 6.20 Å². The standard InChI is InChI=1S/C12H13IN2O5/c1-2-3-6-5-15(12(19)14-10(6)18)11-9(17)8(16)7(4-13)20-11/h5,7-9,11,16-17H,4H2,1H3,(H,14,18,19)/t7-,8-,9-,11?/m1/s1. The minimum absolute atomic E-state index is 0.0929. The molecule has 108 valence electrons. The molecule has 20 heavy (non-hydrogen) atoms. The monoisotopic (exact) mass is 392 g/mol. The van der Waals surface area contributed by atoms with Gasteiger partial charge < -0.3 is 14.9 Å². The second-order valence-electron chi connectivity index (χ2n) is 4.28. The summed E-state index contributed by atoms with van der Waals surface area (Å²) in [5, 5.41) is 19.8. The molecule has 1 aliphatic rings. The Morgan fingerprint density at radius 2 is 2.15 bits per heavy atom. The predicted octanol–water partition coefficient (Wildman–Crippen LogP) is -1.04. The zero-order valence-electron chi connectivity index (χ0n) is 10.5. The molecule has 0 aromatic carbocycles. The molecule has 0 amide bonds. The second kappa shape index (κ2) is 6.09. The molecule has 0 radical (unpaired) electrons. The third kappa shape index (κ3) is 2.67. The average Bonchev–Trinajstić information content (AvgIpc) is 2.70. The van der Waals surface area contributed by atoms with Crippen LogP contribution in [0.2, 0.25) is 0 Å². The van der Waals surface area contributed by atoms with Crippen molar-refractivity contribution in [1.29, 1.82) is 0 Å². The van der Waals surface area contributed by atoms with Crippen LogP contribution >= 0.6 is 22.6 Å². The molecule has 3 N–H and O–H groups in total. The van der Waals surface area contributed by atoms with Crippen LogP contribution in [0.3, 0.4) is 0 Å². The molecule has 0 spiro atoms. The number of nitrogens with one attached hydrogen (secondary N) is 1. The van der Waals surface area contributed by atoms with E-state index in [1.807, 2.05) is 22.6 Å². The lowest BCUT2D eigenvalue weighted by Gasteiger charge is -2.17. The normalized spacial score (nSPS) is 29.0. The maximum atomic E-state index is 11.8. The highest BCUT2D eigenvalue weighted by Crippen LogP contribution is 2.29. The predicted molar refractivity (Wildman–Crippen MR) is 78.7 cm³/mol. The number of aliphatic hydroxyl groups is 2. The van der Waals surface area contributed by atoms with E-state index in [1.54, 1.807) is 6.92 Å². The number of hydrogen-bond donors (Lipinski definition) is 3. The van der Waals surface area contributed by atoms with Crippen molar-refractivity contribution in [3.05, 3.63) is 32.6 Å². The minimum Gasteiger partial charge on any atom is -0.387 e. The first-order valence-electron chi connectivity index (χ1n) is 5.85. The molecule has 1 aromatic rings. The van der Waals surface area contributed by atoms with Gasteiger partial charge in [0.05, 0.1) is 6.10 Å². The smallest absolute Gasteiger partial charge is 0.330 e. The Morgan fingerprint density at radius 1 is 1.45 bits per heavy atom. The highest BCUT2D eigenvalue weighted by Gasteiger charge is 2.43. The largest absolute Gasteiger partial charge is 0.387 e. The van der Waals surface area contributed by atoms with Gasteiger partial charge in [0.15, 0.2) is 6.23 Å². The van der Waals surface area contributed by atoms with E-state index in [0.29, 0.717) is 4.43 Å². The lowest BCUT2D eigenvalue weighted by Crippen LogP contribution is -2.38. The Morgan fingerprint density at radius 3 is 2.70 bits per heavy atom. The maximum absolute atomic E-state index is 11.8. The van der Waals surface area contributed by atoms with Gasteiger partial charge in [-0.05, 0) is 6.92 Å². The third-order valence-corrected chi connectivity index (χ3v) is 3.86. The fourth-order valence-electron chi connectivity index (χ4n) is 1.98. The summed E-state index contributed by atoms with van der Waals surface area (Å²) in [6.45, 7) is 1.56. The Labute approximate surface area is 127 Å².